The number of anilines is 1. The van der Waals surface area contributed by atoms with Gasteiger partial charge in [0.1, 0.15) is 5.75 Å². The number of amides is 3. The maximum atomic E-state index is 11.4. The van der Waals surface area contributed by atoms with E-state index >= 15 is 0 Å². The Morgan fingerprint density at radius 1 is 1.24 bits per heavy atom. The number of carbonyl (C=O) groups is 2. The van der Waals surface area contributed by atoms with Gasteiger partial charge in [-0.1, -0.05) is 6.07 Å². The highest BCUT2D eigenvalue weighted by molar-refractivity contribution is 5.89. The Labute approximate surface area is 99.0 Å². The fourth-order valence-corrected chi connectivity index (χ4v) is 1.17. The van der Waals surface area contributed by atoms with Crippen molar-refractivity contribution >= 4 is 17.6 Å². The summed E-state index contributed by atoms with van der Waals surface area (Å²) in [4.78, 5) is 21.9. The summed E-state index contributed by atoms with van der Waals surface area (Å²) in [7, 11) is 0. The van der Waals surface area contributed by atoms with Crippen molar-refractivity contribution in [3.05, 3.63) is 24.3 Å². The van der Waals surface area contributed by atoms with Crippen LogP contribution in [0.5, 0.6) is 5.75 Å². The summed E-state index contributed by atoms with van der Waals surface area (Å²) >= 11 is 0. The highest BCUT2D eigenvalue weighted by Gasteiger charge is 2.01. The Kier molecular flexibility index (Phi) is 4.80. The first-order chi connectivity index (χ1) is 8.08. The Morgan fingerprint density at radius 3 is 2.59 bits per heavy atom. The van der Waals surface area contributed by atoms with Crippen molar-refractivity contribution < 1.29 is 14.7 Å². The van der Waals surface area contributed by atoms with Gasteiger partial charge >= 0.3 is 6.03 Å². The molecule has 0 heterocycles. The monoisotopic (exact) mass is 237 g/mol. The number of carbonyl (C=O) groups excluding carboxylic acids is 2. The molecule has 1 aromatic rings. The molecule has 3 amide bonds. The number of hydrogen-bond donors (Lipinski definition) is 4. The van der Waals surface area contributed by atoms with Gasteiger partial charge < -0.3 is 21.1 Å². The summed E-state index contributed by atoms with van der Waals surface area (Å²) in [6, 6.07) is 5.85. The van der Waals surface area contributed by atoms with E-state index in [-0.39, 0.29) is 17.7 Å². The van der Waals surface area contributed by atoms with E-state index in [0.29, 0.717) is 18.8 Å². The van der Waals surface area contributed by atoms with Gasteiger partial charge in [-0.15, -0.1) is 0 Å². The molecule has 0 fully saturated rings. The second kappa shape index (κ2) is 6.37. The number of urea groups is 1. The lowest BCUT2D eigenvalue weighted by Gasteiger charge is -2.07. The van der Waals surface area contributed by atoms with Gasteiger partial charge in [0, 0.05) is 31.8 Å². The first kappa shape index (κ1) is 12.8. The third kappa shape index (κ3) is 5.41. The molecule has 0 aromatic heterocycles. The molecule has 6 nitrogen and oxygen atoms in total. The van der Waals surface area contributed by atoms with Crippen molar-refractivity contribution in [2.24, 2.45) is 0 Å². The molecule has 0 radical (unpaired) electrons. The van der Waals surface area contributed by atoms with E-state index in [2.05, 4.69) is 16.0 Å². The van der Waals surface area contributed by atoms with Crippen molar-refractivity contribution in [1.82, 2.24) is 10.6 Å². The van der Waals surface area contributed by atoms with Gasteiger partial charge in [-0.05, 0) is 12.1 Å². The predicted octanol–water partition coefficient (Wildman–Crippen LogP) is 0.650. The predicted molar refractivity (Wildman–Crippen MR) is 63.8 cm³/mol. The van der Waals surface area contributed by atoms with Crippen LogP contribution in [0.15, 0.2) is 24.3 Å². The van der Waals surface area contributed by atoms with Gasteiger partial charge in [0.15, 0.2) is 0 Å². The van der Waals surface area contributed by atoms with Gasteiger partial charge in [-0.2, -0.15) is 0 Å². The molecule has 0 saturated carbocycles. The minimum absolute atomic E-state index is 0.0843. The van der Waals surface area contributed by atoms with Crippen LogP contribution in [0.3, 0.4) is 0 Å². The fraction of sp³-hybridized carbons (Fsp3) is 0.273. The van der Waals surface area contributed by atoms with E-state index in [1.165, 1.54) is 19.1 Å². The number of rotatable bonds is 4. The number of nitrogens with one attached hydrogen (secondary N) is 3. The standard InChI is InChI=1S/C11H15N3O3/c1-8(15)12-5-6-13-11(17)14-9-3-2-4-10(16)7-9/h2-4,7,16H,5-6H2,1H3,(H,12,15)(H2,13,14,17). The summed E-state index contributed by atoms with van der Waals surface area (Å²) in [6.07, 6.45) is 0. The molecule has 6 heteroatoms. The first-order valence-electron chi connectivity index (χ1n) is 5.16. The van der Waals surface area contributed by atoms with Crippen LogP contribution in [0.4, 0.5) is 10.5 Å². The maximum absolute atomic E-state index is 11.4. The summed E-state index contributed by atoms with van der Waals surface area (Å²) in [6.45, 7) is 2.12. The van der Waals surface area contributed by atoms with Crippen molar-refractivity contribution in [3.8, 4) is 5.75 Å². The van der Waals surface area contributed by atoms with Crippen LogP contribution < -0.4 is 16.0 Å². The van der Waals surface area contributed by atoms with E-state index in [9.17, 15) is 14.7 Å². The zero-order valence-corrected chi connectivity index (χ0v) is 9.49. The van der Waals surface area contributed by atoms with Gasteiger partial charge in [-0.25, -0.2) is 4.79 Å². The minimum Gasteiger partial charge on any atom is -0.508 e. The zero-order valence-electron chi connectivity index (χ0n) is 9.49. The van der Waals surface area contributed by atoms with E-state index in [4.69, 9.17) is 0 Å². The van der Waals surface area contributed by atoms with E-state index in [0.717, 1.165) is 0 Å². The molecule has 4 N–H and O–H groups in total. The Morgan fingerprint density at radius 2 is 1.94 bits per heavy atom. The molecule has 0 atom stereocenters. The van der Waals surface area contributed by atoms with Crippen LogP contribution in [-0.4, -0.2) is 30.1 Å². The van der Waals surface area contributed by atoms with E-state index < -0.39 is 0 Å². The summed E-state index contributed by atoms with van der Waals surface area (Å²) in [5.74, 6) is -0.0544. The Balaban J connectivity index is 2.27. The van der Waals surface area contributed by atoms with Crippen LogP contribution in [0, 0.1) is 0 Å². The number of phenols is 1. The first-order valence-corrected chi connectivity index (χ1v) is 5.16. The zero-order chi connectivity index (χ0) is 12.7. The molecule has 0 unspecified atom stereocenters. The van der Waals surface area contributed by atoms with Gasteiger partial charge in [0.05, 0.1) is 0 Å². The Bertz CT molecular complexity index is 407. The third-order valence-electron chi connectivity index (χ3n) is 1.89. The molecule has 0 aliphatic carbocycles. The largest absolute Gasteiger partial charge is 0.508 e. The number of benzene rings is 1. The number of hydrogen-bond acceptors (Lipinski definition) is 3. The second-order valence-corrected chi connectivity index (χ2v) is 3.41. The fourth-order valence-electron chi connectivity index (χ4n) is 1.17. The van der Waals surface area contributed by atoms with Gasteiger partial charge in [0.2, 0.25) is 5.91 Å². The normalized spacial score (nSPS) is 9.47. The van der Waals surface area contributed by atoms with Crippen molar-refractivity contribution in [2.75, 3.05) is 18.4 Å². The molecule has 1 rings (SSSR count). The van der Waals surface area contributed by atoms with Crippen LogP contribution in [0.2, 0.25) is 0 Å². The molecule has 92 valence electrons. The number of phenolic OH excluding ortho intramolecular Hbond substituents is 1. The van der Waals surface area contributed by atoms with Crippen molar-refractivity contribution in [1.29, 1.82) is 0 Å². The molecule has 0 aliphatic rings. The van der Waals surface area contributed by atoms with Crippen LogP contribution in [0.1, 0.15) is 6.92 Å². The lowest BCUT2D eigenvalue weighted by Crippen LogP contribution is -2.36. The third-order valence-corrected chi connectivity index (χ3v) is 1.89. The summed E-state index contributed by atoms with van der Waals surface area (Å²) < 4.78 is 0. The second-order valence-electron chi connectivity index (χ2n) is 3.41. The molecule has 0 aliphatic heterocycles. The van der Waals surface area contributed by atoms with Crippen LogP contribution in [0.25, 0.3) is 0 Å². The van der Waals surface area contributed by atoms with Crippen LogP contribution >= 0.6 is 0 Å². The van der Waals surface area contributed by atoms with Gasteiger partial charge in [0.25, 0.3) is 0 Å². The van der Waals surface area contributed by atoms with E-state index in [1.54, 1.807) is 12.1 Å². The summed E-state index contributed by atoms with van der Waals surface area (Å²) in [5.41, 5.74) is 0.502. The molecule has 0 saturated heterocycles. The van der Waals surface area contributed by atoms with Crippen LogP contribution in [-0.2, 0) is 4.79 Å². The molecule has 1 aromatic carbocycles. The Hall–Kier alpha value is -2.24. The molecular formula is C11H15N3O3. The van der Waals surface area contributed by atoms with Crippen molar-refractivity contribution in [2.45, 2.75) is 6.92 Å². The average Bonchev–Trinajstić information content (AvgIpc) is 2.24. The topological polar surface area (TPSA) is 90.5 Å². The lowest BCUT2D eigenvalue weighted by atomic mass is 10.3. The summed E-state index contributed by atoms with van der Waals surface area (Å²) in [5, 5.41) is 16.8. The van der Waals surface area contributed by atoms with Crippen molar-refractivity contribution in [3.63, 3.8) is 0 Å². The smallest absolute Gasteiger partial charge is 0.319 e. The van der Waals surface area contributed by atoms with E-state index in [1.807, 2.05) is 0 Å². The molecule has 17 heavy (non-hydrogen) atoms. The highest BCUT2D eigenvalue weighted by atomic mass is 16.3. The minimum atomic E-state index is -0.388. The number of aromatic hydroxyl groups is 1. The average molecular weight is 237 g/mol. The van der Waals surface area contributed by atoms with Gasteiger partial charge in [-0.3, -0.25) is 4.79 Å². The highest BCUT2D eigenvalue weighted by Crippen LogP contribution is 2.14. The quantitative estimate of drug-likeness (QED) is 0.579. The molecular weight excluding hydrogens is 222 g/mol. The molecule has 0 spiro atoms. The maximum Gasteiger partial charge on any atom is 0.319 e. The SMILES string of the molecule is CC(=O)NCCNC(=O)Nc1cccc(O)c1. The lowest BCUT2D eigenvalue weighted by molar-refractivity contribution is -0.118. The molecule has 0 bridgehead atoms.